The zero-order valence-electron chi connectivity index (χ0n) is 9.94. The van der Waals surface area contributed by atoms with E-state index in [1.165, 1.54) is 0 Å². The van der Waals surface area contributed by atoms with E-state index in [4.69, 9.17) is 15.2 Å². The molecule has 0 unspecified atom stereocenters. The molecule has 0 aromatic heterocycles. The zero-order chi connectivity index (χ0) is 12.5. The monoisotopic (exact) mass is 238 g/mol. The van der Waals surface area contributed by atoms with Gasteiger partial charge >= 0.3 is 0 Å². The van der Waals surface area contributed by atoms with Gasteiger partial charge in [-0.1, -0.05) is 6.07 Å². The first-order chi connectivity index (χ1) is 8.22. The smallest absolute Gasteiger partial charge is 0.250 e. The van der Waals surface area contributed by atoms with E-state index >= 15 is 0 Å². The number of amides is 1. The third kappa shape index (κ3) is 5.89. The number of hydrogen-bond donors (Lipinski definition) is 2. The van der Waals surface area contributed by atoms with Crippen LogP contribution in [0.25, 0.3) is 0 Å². The molecule has 5 nitrogen and oxygen atoms in total. The number of hydrogen-bond acceptors (Lipinski definition) is 4. The van der Waals surface area contributed by atoms with Crippen LogP contribution in [-0.2, 0) is 14.3 Å². The number of anilines is 2. The van der Waals surface area contributed by atoms with Crippen LogP contribution in [0.1, 0.15) is 6.42 Å². The quantitative estimate of drug-likeness (QED) is 0.554. The number of carbonyl (C=O) groups excluding carboxylic acids is 1. The molecule has 0 aliphatic rings. The van der Waals surface area contributed by atoms with E-state index in [9.17, 15) is 4.79 Å². The third-order valence-corrected chi connectivity index (χ3v) is 2.04. The number of carbonyl (C=O) groups is 1. The highest BCUT2D eigenvalue weighted by molar-refractivity contribution is 5.92. The van der Waals surface area contributed by atoms with E-state index in [2.05, 4.69) is 5.32 Å². The van der Waals surface area contributed by atoms with Gasteiger partial charge in [-0.25, -0.2) is 0 Å². The van der Waals surface area contributed by atoms with Crippen molar-refractivity contribution in [2.24, 2.45) is 0 Å². The summed E-state index contributed by atoms with van der Waals surface area (Å²) in [5.41, 5.74) is 6.88. The van der Waals surface area contributed by atoms with E-state index in [0.29, 0.717) is 24.6 Å². The number of rotatable bonds is 7. The van der Waals surface area contributed by atoms with E-state index in [1.54, 1.807) is 31.4 Å². The maximum Gasteiger partial charge on any atom is 0.250 e. The van der Waals surface area contributed by atoms with Crippen molar-refractivity contribution >= 4 is 17.3 Å². The molecule has 5 heteroatoms. The van der Waals surface area contributed by atoms with Crippen molar-refractivity contribution in [3.63, 3.8) is 0 Å². The average Bonchev–Trinajstić information content (AvgIpc) is 2.29. The molecule has 0 fully saturated rings. The molecule has 0 atom stereocenters. The Balaban J connectivity index is 2.21. The fraction of sp³-hybridized carbons (Fsp3) is 0.417. The molecule has 3 N–H and O–H groups in total. The molecule has 1 rings (SSSR count). The zero-order valence-corrected chi connectivity index (χ0v) is 9.94. The topological polar surface area (TPSA) is 73.6 Å². The van der Waals surface area contributed by atoms with Crippen molar-refractivity contribution in [2.75, 3.05) is 38.0 Å². The first-order valence-corrected chi connectivity index (χ1v) is 5.44. The summed E-state index contributed by atoms with van der Waals surface area (Å²) < 4.78 is 10.0. The standard InChI is InChI=1S/C12H18N2O3/c1-16-6-3-7-17-9-12(15)14-11-5-2-4-10(13)8-11/h2,4-5,8H,3,6-7,9,13H2,1H3,(H,14,15). The summed E-state index contributed by atoms with van der Waals surface area (Å²) in [5.74, 6) is -0.187. The van der Waals surface area contributed by atoms with Gasteiger partial charge in [0.05, 0.1) is 0 Å². The van der Waals surface area contributed by atoms with Crippen LogP contribution in [0.3, 0.4) is 0 Å². The molecule has 17 heavy (non-hydrogen) atoms. The minimum absolute atomic E-state index is 0.0402. The highest BCUT2D eigenvalue weighted by atomic mass is 16.5. The molecule has 0 saturated carbocycles. The number of methoxy groups -OCH3 is 1. The van der Waals surface area contributed by atoms with Gasteiger partial charge in [-0.15, -0.1) is 0 Å². The largest absolute Gasteiger partial charge is 0.399 e. The Morgan fingerprint density at radius 3 is 2.94 bits per heavy atom. The minimum Gasteiger partial charge on any atom is -0.399 e. The summed E-state index contributed by atoms with van der Waals surface area (Å²) in [5, 5.41) is 2.70. The fourth-order valence-corrected chi connectivity index (χ4v) is 1.28. The van der Waals surface area contributed by atoms with E-state index in [-0.39, 0.29) is 12.5 Å². The number of benzene rings is 1. The normalized spacial score (nSPS) is 10.2. The molecule has 0 aliphatic carbocycles. The van der Waals surface area contributed by atoms with Gasteiger partial charge < -0.3 is 20.5 Å². The molecule has 0 radical (unpaired) electrons. The SMILES string of the molecule is COCCCOCC(=O)Nc1cccc(N)c1. The van der Waals surface area contributed by atoms with Crippen LogP contribution in [0.4, 0.5) is 11.4 Å². The predicted molar refractivity (Wildman–Crippen MR) is 66.8 cm³/mol. The van der Waals surface area contributed by atoms with Crippen LogP contribution < -0.4 is 11.1 Å². The predicted octanol–water partition coefficient (Wildman–Crippen LogP) is 1.26. The van der Waals surface area contributed by atoms with Gasteiger partial charge in [-0.3, -0.25) is 4.79 Å². The van der Waals surface area contributed by atoms with Crippen LogP contribution in [-0.4, -0.2) is 32.8 Å². The Labute approximate surface area is 101 Å². The molecular formula is C12H18N2O3. The van der Waals surface area contributed by atoms with Gasteiger partial charge in [0.25, 0.3) is 0 Å². The van der Waals surface area contributed by atoms with Gasteiger partial charge in [0, 0.05) is 31.7 Å². The highest BCUT2D eigenvalue weighted by Gasteiger charge is 2.02. The van der Waals surface area contributed by atoms with E-state index in [0.717, 1.165) is 6.42 Å². The number of nitrogen functional groups attached to an aromatic ring is 1. The van der Waals surface area contributed by atoms with Gasteiger partial charge in [0.2, 0.25) is 5.91 Å². The van der Waals surface area contributed by atoms with Crippen molar-refractivity contribution in [3.05, 3.63) is 24.3 Å². The second-order valence-electron chi connectivity index (χ2n) is 3.57. The minimum atomic E-state index is -0.187. The lowest BCUT2D eigenvalue weighted by atomic mass is 10.3. The van der Waals surface area contributed by atoms with Crippen LogP contribution in [0, 0.1) is 0 Å². The van der Waals surface area contributed by atoms with Gasteiger partial charge in [0.15, 0.2) is 0 Å². The summed E-state index contributed by atoms with van der Waals surface area (Å²) in [6, 6.07) is 7.02. The lowest BCUT2D eigenvalue weighted by Crippen LogP contribution is -2.19. The van der Waals surface area contributed by atoms with Crippen LogP contribution in [0.2, 0.25) is 0 Å². The van der Waals surface area contributed by atoms with Crippen molar-refractivity contribution in [3.8, 4) is 0 Å². The maximum absolute atomic E-state index is 11.4. The summed E-state index contributed by atoms with van der Waals surface area (Å²) in [4.78, 5) is 11.4. The van der Waals surface area contributed by atoms with Crippen molar-refractivity contribution in [2.45, 2.75) is 6.42 Å². The van der Waals surface area contributed by atoms with Crippen molar-refractivity contribution in [1.29, 1.82) is 0 Å². The van der Waals surface area contributed by atoms with Crippen molar-refractivity contribution in [1.82, 2.24) is 0 Å². The van der Waals surface area contributed by atoms with Crippen LogP contribution in [0.5, 0.6) is 0 Å². The molecule has 1 amide bonds. The number of ether oxygens (including phenoxy) is 2. The Hall–Kier alpha value is -1.59. The maximum atomic E-state index is 11.4. The lowest BCUT2D eigenvalue weighted by Gasteiger charge is -2.06. The van der Waals surface area contributed by atoms with Crippen LogP contribution >= 0.6 is 0 Å². The van der Waals surface area contributed by atoms with E-state index < -0.39 is 0 Å². The third-order valence-electron chi connectivity index (χ3n) is 2.04. The molecular weight excluding hydrogens is 220 g/mol. The molecule has 0 spiro atoms. The summed E-state index contributed by atoms with van der Waals surface area (Å²) in [6.07, 6.45) is 0.780. The first kappa shape index (κ1) is 13.5. The Bertz CT molecular complexity index is 355. The fourth-order valence-electron chi connectivity index (χ4n) is 1.28. The summed E-state index contributed by atoms with van der Waals surface area (Å²) in [6.45, 7) is 1.19. The Morgan fingerprint density at radius 1 is 1.41 bits per heavy atom. The van der Waals surface area contributed by atoms with Gasteiger partial charge in [-0.05, 0) is 24.6 Å². The van der Waals surface area contributed by atoms with Gasteiger partial charge in [-0.2, -0.15) is 0 Å². The second kappa shape index (κ2) is 7.65. The van der Waals surface area contributed by atoms with Crippen molar-refractivity contribution < 1.29 is 14.3 Å². The lowest BCUT2D eigenvalue weighted by molar-refractivity contribution is -0.120. The molecule has 0 bridgehead atoms. The van der Waals surface area contributed by atoms with Crippen LogP contribution in [0.15, 0.2) is 24.3 Å². The van der Waals surface area contributed by atoms with Gasteiger partial charge in [0.1, 0.15) is 6.61 Å². The highest BCUT2D eigenvalue weighted by Crippen LogP contribution is 2.11. The second-order valence-corrected chi connectivity index (χ2v) is 3.57. The average molecular weight is 238 g/mol. The number of nitrogens with two attached hydrogens (primary N) is 1. The summed E-state index contributed by atoms with van der Waals surface area (Å²) >= 11 is 0. The molecule has 1 aromatic carbocycles. The first-order valence-electron chi connectivity index (χ1n) is 5.44. The summed E-state index contributed by atoms with van der Waals surface area (Å²) in [7, 11) is 1.63. The number of nitrogens with one attached hydrogen (secondary N) is 1. The van der Waals surface area contributed by atoms with E-state index in [1.807, 2.05) is 0 Å². The Kier molecular flexibility index (Phi) is 6.06. The molecule has 0 heterocycles. The molecule has 1 aromatic rings. The molecule has 0 saturated heterocycles. The Morgan fingerprint density at radius 2 is 2.24 bits per heavy atom. The molecule has 0 aliphatic heterocycles. The molecule has 94 valence electrons.